The van der Waals surface area contributed by atoms with Crippen LogP contribution in [0, 0.1) is 5.82 Å². The largest absolute Gasteiger partial charge is 0.473 e. The van der Waals surface area contributed by atoms with Crippen molar-refractivity contribution >= 4 is 52.4 Å². The van der Waals surface area contributed by atoms with Gasteiger partial charge in [0.25, 0.3) is 0 Å². The van der Waals surface area contributed by atoms with E-state index in [1.165, 1.54) is 12.1 Å². The van der Waals surface area contributed by atoms with Gasteiger partial charge in [-0.25, -0.2) is 14.0 Å². The van der Waals surface area contributed by atoms with E-state index in [4.69, 9.17) is 31.4 Å². The zero-order valence-corrected chi connectivity index (χ0v) is 18.0. The van der Waals surface area contributed by atoms with Crippen molar-refractivity contribution in [3.63, 3.8) is 0 Å². The quantitative estimate of drug-likeness (QED) is 0.432. The maximum absolute atomic E-state index is 13.7. The van der Waals surface area contributed by atoms with Gasteiger partial charge < -0.3 is 20.8 Å². The van der Waals surface area contributed by atoms with Crippen molar-refractivity contribution in [3.8, 4) is 0 Å². The number of carbonyl (C=O) groups is 4. The molecule has 2 rings (SSSR count). The third-order valence-electron chi connectivity index (χ3n) is 3.61. The molecular formula is C19H21ClFN3O6S. The number of hydrogen-bond donors (Lipinski definition) is 4. The number of benzene rings is 1. The van der Waals surface area contributed by atoms with Gasteiger partial charge in [0.1, 0.15) is 5.82 Å². The predicted molar refractivity (Wildman–Crippen MR) is 114 cm³/mol. The molecule has 0 radical (unpaired) electrons. The lowest BCUT2D eigenvalue weighted by atomic mass is 10.3. The van der Waals surface area contributed by atoms with Gasteiger partial charge in [-0.2, -0.15) is 0 Å². The molecular weight excluding hydrogens is 453 g/mol. The van der Waals surface area contributed by atoms with Gasteiger partial charge in [0, 0.05) is 9.90 Å². The Balaban J connectivity index is 0.000000703. The minimum Gasteiger partial charge on any atom is -0.473 e. The molecule has 31 heavy (non-hydrogen) atoms. The molecule has 0 unspecified atom stereocenters. The van der Waals surface area contributed by atoms with Crippen LogP contribution in [0.3, 0.4) is 0 Å². The topological polar surface area (TPSA) is 136 Å². The second-order valence-electron chi connectivity index (χ2n) is 5.94. The van der Waals surface area contributed by atoms with Crippen molar-refractivity contribution in [2.45, 2.75) is 13.5 Å². The van der Waals surface area contributed by atoms with Gasteiger partial charge in [0.05, 0.1) is 25.3 Å². The summed E-state index contributed by atoms with van der Waals surface area (Å²) < 4.78 is 13.7. The second-order valence-corrected chi connectivity index (χ2v) is 7.41. The van der Waals surface area contributed by atoms with Crippen LogP contribution in [-0.4, -0.2) is 58.5 Å². The molecule has 1 heterocycles. The predicted octanol–water partition coefficient (Wildman–Crippen LogP) is 2.27. The summed E-state index contributed by atoms with van der Waals surface area (Å²) in [6, 6.07) is 7.89. The molecule has 0 spiro atoms. The second kappa shape index (κ2) is 13.3. The highest BCUT2D eigenvalue weighted by Gasteiger charge is 2.14. The van der Waals surface area contributed by atoms with Gasteiger partial charge in [-0.3, -0.25) is 14.5 Å². The lowest BCUT2D eigenvalue weighted by Gasteiger charge is -2.19. The normalized spacial score (nSPS) is 10.1. The molecule has 2 aromatic rings. The van der Waals surface area contributed by atoms with E-state index < -0.39 is 23.7 Å². The molecule has 0 fully saturated rings. The smallest absolute Gasteiger partial charge is 0.414 e. The fourth-order valence-corrected chi connectivity index (χ4v) is 2.92. The van der Waals surface area contributed by atoms with Crippen LogP contribution in [-0.2, 0) is 25.7 Å². The third kappa shape index (κ3) is 10.5. The summed E-state index contributed by atoms with van der Waals surface area (Å²) in [6.45, 7) is 2.92. The summed E-state index contributed by atoms with van der Waals surface area (Å²) in [6.07, 6.45) is 0. The van der Waals surface area contributed by atoms with E-state index in [0.717, 1.165) is 10.9 Å². The van der Waals surface area contributed by atoms with Crippen LogP contribution in [0.5, 0.6) is 0 Å². The zero-order chi connectivity index (χ0) is 23.4. The Hall–Kier alpha value is -3.02. The molecule has 2 amide bonds. The van der Waals surface area contributed by atoms with Crippen LogP contribution in [0.4, 0.5) is 10.1 Å². The number of hydrogen-bond acceptors (Lipinski definition) is 6. The van der Waals surface area contributed by atoms with Gasteiger partial charge in [-0.05, 0) is 36.2 Å². The SMILES string of the molecule is CCN(CC(=O)NCc1cccs1)CC(=O)Nc1ccc(Cl)cc1F.O=C(O)C(=O)O. The Kier molecular flexibility index (Phi) is 11.2. The van der Waals surface area contributed by atoms with Gasteiger partial charge in [0.15, 0.2) is 0 Å². The lowest BCUT2D eigenvalue weighted by molar-refractivity contribution is -0.159. The van der Waals surface area contributed by atoms with Crippen LogP contribution in [0.15, 0.2) is 35.7 Å². The summed E-state index contributed by atoms with van der Waals surface area (Å²) >= 11 is 7.25. The van der Waals surface area contributed by atoms with Gasteiger partial charge in [0.2, 0.25) is 11.8 Å². The molecule has 4 N–H and O–H groups in total. The molecule has 0 aliphatic heterocycles. The van der Waals surface area contributed by atoms with Crippen molar-refractivity contribution < 1.29 is 33.8 Å². The van der Waals surface area contributed by atoms with E-state index in [2.05, 4.69) is 10.6 Å². The molecule has 0 aliphatic rings. The molecule has 1 aromatic carbocycles. The van der Waals surface area contributed by atoms with Gasteiger partial charge in [-0.15, -0.1) is 11.3 Å². The zero-order valence-electron chi connectivity index (χ0n) is 16.4. The first kappa shape index (κ1) is 26.0. The minimum atomic E-state index is -1.82. The van der Waals surface area contributed by atoms with E-state index >= 15 is 0 Å². The van der Waals surface area contributed by atoms with E-state index in [-0.39, 0.29) is 29.7 Å². The van der Waals surface area contributed by atoms with E-state index in [0.29, 0.717) is 13.1 Å². The molecule has 12 heteroatoms. The van der Waals surface area contributed by atoms with Crippen LogP contribution in [0.25, 0.3) is 0 Å². The van der Waals surface area contributed by atoms with Gasteiger partial charge in [-0.1, -0.05) is 24.6 Å². The fourth-order valence-electron chi connectivity index (χ4n) is 2.12. The fraction of sp³-hybridized carbons (Fsp3) is 0.263. The average molecular weight is 474 g/mol. The van der Waals surface area contributed by atoms with Crippen molar-refractivity contribution in [2.75, 3.05) is 25.0 Å². The van der Waals surface area contributed by atoms with Crippen molar-refractivity contribution in [1.82, 2.24) is 10.2 Å². The summed E-state index contributed by atoms with van der Waals surface area (Å²) in [5.41, 5.74) is 0.0626. The Morgan fingerprint density at radius 1 is 1.10 bits per heavy atom. The molecule has 0 aliphatic carbocycles. The summed E-state index contributed by atoms with van der Waals surface area (Å²) in [5, 5.41) is 22.3. The highest BCUT2D eigenvalue weighted by atomic mass is 35.5. The summed E-state index contributed by atoms with van der Waals surface area (Å²) in [7, 11) is 0. The van der Waals surface area contributed by atoms with Crippen molar-refractivity contribution in [3.05, 3.63) is 51.4 Å². The molecule has 0 saturated carbocycles. The molecule has 1 aromatic heterocycles. The number of aliphatic carboxylic acids is 2. The number of carboxylic acid groups (broad SMARTS) is 2. The van der Waals surface area contributed by atoms with Crippen molar-refractivity contribution in [2.24, 2.45) is 0 Å². The molecule has 0 saturated heterocycles. The Morgan fingerprint density at radius 2 is 1.74 bits per heavy atom. The Bertz CT molecular complexity index is 898. The maximum atomic E-state index is 13.7. The van der Waals surface area contributed by atoms with E-state index in [9.17, 15) is 14.0 Å². The molecule has 0 atom stereocenters. The first-order valence-corrected chi connectivity index (χ1v) is 10.1. The number of likely N-dealkylation sites (N-methyl/N-ethyl adjacent to an activating group) is 1. The summed E-state index contributed by atoms with van der Waals surface area (Å²) in [4.78, 5) is 45.0. The highest BCUT2D eigenvalue weighted by Crippen LogP contribution is 2.18. The van der Waals surface area contributed by atoms with Gasteiger partial charge >= 0.3 is 11.9 Å². The number of nitrogens with zero attached hydrogens (tertiary/aromatic N) is 1. The average Bonchev–Trinajstić information content (AvgIpc) is 3.22. The summed E-state index contributed by atoms with van der Waals surface area (Å²) in [5.74, 6) is -4.81. The number of anilines is 1. The third-order valence-corrected chi connectivity index (χ3v) is 4.72. The number of rotatable bonds is 8. The number of carbonyl (C=O) groups excluding carboxylic acids is 2. The number of thiophene rings is 1. The number of amides is 2. The van der Waals surface area contributed by atoms with Crippen LogP contribution in [0.2, 0.25) is 5.02 Å². The standard InChI is InChI=1S/C17H19ClFN3O2S.C2H2O4/c1-2-22(10-16(23)20-9-13-4-3-7-25-13)11-17(24)21-15-6-5-12(18)8-14(15)19;3-1(4)2(5)6/h3-8H,2,9-11H2,1H3,(H,20,23)(H,21,24);(H,3,4)(H,5,6). The minimum absolute atomic E-state index is 0.00894. The van der Waals surface area contributed by atoms with E-state index in [1.807, 2.05) is 24.4 Å². The van der Waals surface area contributed by atoms with Crippen LogP contribution < -0.4 is 10.6 Å². The van der Waals surface area contributed by atoms with Crippen LogP contribution >= 0.6 is 22.9 Å². The van der Waals surface area contributed by atoms with Crippen molar-refractivity contribution in [1.29, 1.82) is 0 Å². The monoisotopic (exact) mass is 473 g/mol. The molecule has 9 nitrogen and oxygen atoms in total. The first-order chi connectivity index (χ1) is 14.6. The lowest BCUT2D eigenvalue weighted by Crippen LogP contribution is -2.40. The Labute approximate surface area is 186 Å². The number of carboxylic acids is 2. The number of halogens is 2. The molecule has 168 valence electrons. The first-order valence-electron chi connectivity index (χ1n) is 8.84. The maximum Gasteiger partial charge on any atom is 0.414 e. The van der Waals surface area contributed by atoms with Crippen LogP contribution in [0.1, 0.15) is 11.8 Å². The van der Waals surface area contributed by atoms with E-state index in [1.54, 1.807) is 16.2 Å². The highest BCUT2D eigenvalue weighted by molar-refractivity contribution is 7.09. The molecule has 0 bridgehead atoms. The number of nitrogens with one attached hydrogen (secondary N) is 2. The Morgan fingerprint density at radius 3 is 2.26 bits per heavy atom.